The quantitative estimate of drug-likeness (QED) is 0.515. The van der Waals surface area contributed by atoms with Crippen LogP contribution in [0.5, 0.6) is 11.9 Å². The molecule has 1 aliphatic rings. The van der Waals surface area contributed by atoms with Gasteiger partial charge in [-0.25, -0.2) is 14.5 Å². The van der Waals surface area contributed by atoms with E-state index in [1.807, 2.05) is 36.4 Å². The number of fused-ring (bicyclic) bond motifs is 1. The van der Waals surface area contributed by atoms with Crippen LogP contribution in [0.2, 0.25) is 0 Å². The molecule has 1 saturated carbocycles. The SMILES string of the molecule is COc1ncc(-c2cc(C3CC3C(=O)Nc3ccccc3)c3nccn3n2)c(OC)n1. The number of imidazole rings is 1. The summed E-state index contributed by atoms with van der Waals surface area (Å²) in [4.78, 5) is 25.6. The molecule has 1 fully saturated rings. The number of nitrogens with zero attached hydrogens (tertiary/aromatic N) is 5. The van der Waals surface area contributed by atoms with Crippen LogP contribution in [0, 0.1) is 5.92 Å². The van der Waals surface area contributed by atoms with Crippen LogP contribution in [0.4, 0.5) is 5.69 Å². The van der Waals surface area contributed by atoms with Crippen molar-refractivity contribution in [2.24, 2.45) is 5.92 Å². The number of hydrogen-bond acceptors (Lipinski definition) is 7. The molecule has 1 N–H and O–H groups in total. The maximum atomic E-state index is 12.8. The number of rotatable bonds is 6. The second kappa shape index (κ2) is 7.67. The molecule has 1 aromatic carbocycles. The van der Waals surface area contributed by atoms with Gasteiger partial charge in [-0.15, -0.1) is 0 Å². The molecule has 3 aromatic heterocycles. The molecule has 3 heterocycles. The Labute approximate surface area is 178 Å². The lowest BCUT2D eigenvalue weighted by Crippen LogP contribution is -2.14. The van der Waals surface area contributed by atoms with E-state index in [0.717, 1.165) is 23.3 Å². The number of nitrogens with one attached hydrogen (secondary N) is 1. The Morgan fingerprint density at radius 3 is 2.77 bits per heavy atom. The van der Waals surface area contributed by atoms with E-state index in [4.69, 9.17) is 9.47 Å². The Morgan fingerprint density at radius 2 is 2.00 bits per heavy atom. The molecule has 1 amide bonds. The number of benzene rings is 1. The highest BCUT2D eigenvalue weighted by Gasteiger charge is 2.45. The van der Waals surface area contributed by atoms with Crippen molar-refractivity contribution in [1.29, 1.82) is 0 Å². The smallest absolute Gasteiger partial charge is 0.319 e. The number of para-hydroxylation sites is 1. The molecule has 2 unspecified atom stereocenters. The van der Waals surface area contributed by atoms with E-state index in [1.165, 1.54) is 14.2 Å². The van der Waals surface area contributed by atoms with E-state index in [9.17, 15) is 4.79 Å². The molecule has 9 nitrogen and oxygen atoms in total. The van der Waals surface area contributed by atoms with Gasteiger partial charge < -0.3 is 14.8 Å². The number of ether oxygens (including phenoxy) is 2. The Hall–Kier alpha value is -4.01. The maximum absolute atomic E-state index is 12.8. The van der Waals surface area contributed by atoms with Gasteiger partial charge in [0, 0.05) is 41.7 Å². The molecule has 0 spiro atoms. The molecule has 5 rings (SSSR count). The topological polar surface area (TPSA) is 104 Å². The van der Waals surface area contributed by atoms with Gasteiger partial charge in [-0.05, 0) is 24.6 Å². The van der Waals surface area contributed by atoms with Crippen LogP contribution in [-0.2, 0) is 4.79 Å². The van der Waals surface area contributed by atoms with Gasteiger partial charge >= 0.3 is 6.01 Å². The maximum Gasteiger partial charge on any atom is 0.319 e. The summed E-state index contributed by atoms with van der Waals surface area (Å²) in [6, 6.07) is 11.6. The van der Waals surface area contributed by atoms with Crippen LogP contribution >= 0.6 is 0 Å². The number of methoxy groups -OCH3 is 2. The lowest BCUT2D eigenvalue weighted by Gasteiger charge is -2.10. The van der Waals surface area contributed by atoms with Gasteiger partial charge in [-0.2, -0.15) is 10.1 Å². The average molecular weight is 416 g/mol. The molecule has 156 valence electrons. The summed E-state index contributed by atoms with van der Waals surface area (Å²) in [7, 11) is 3.03. The molecule has 4 aromatic rings. The Balaban J connectivity index is 1.48. The molecule has 0 radical (unpaired) electrons. The van der Waals surface area contributed by atoms with Crippen molar-refractivity contribution in [3.05, 3.63) is 60.6 Å². The van der Waals surface area contributed by atoms with Crippen molar-refractivity contribution in [3.8, 4) is 23.1 Å². The van der Waals surface area contributed by atoms with Crippen LogP contribution < -0.4 is 14.8 Å². The zero-order valence-corrected chi connectivity index (χ0v) is 17.0. The minimum atomic E-state index is -0.120. The summed E-state index contributed by atoms with van der Waals surface area (Å²) in [5.41, 5.74) is 3.75. The van der Waals surface area contributed by atoms with E-state index in [2.05, 4.69) is 25.4 Å². The Kier molecular flexibility index (Phi) is 4.70. The van der Waals surface area contributed by atoms with Crippen LogP contribution in [0.15, 0.2) is 55.0 Å². The van der Waals surface area contributed by atoms with Crippen molar-refractivity contribution < 1.29 is 14.3 Å². The zero-order valence-electron chi connectivity index (χ0n) is 17.0. The fourth-order valence-corrected chi connectivity index (χ4v) is 3.71. The van der Waals surface area contributed by atoms with Gasteiger partial charge in [0.1, 0.15) is 0 Å². The molecule has 0 aliphatic heterocycles. The standard InChI is InChI=1S/C22H20N6O3/c1-30-21-17(12-24-22(26-21)31-2)18-11-15(19-23-8-9-28(19)27-18)14-10-16(14)20(29)25-13-6-4-3-5-7-13/h3-9,11-12,14,16H,10H2,1-2H3,(H,25,29). The number of hydrogen-bond donors (Lipinski definition) is 1. The van der Waals surface area contributed by atoms with Gasteiger partial charge in [0.15, 0.2) is 5.65 Å². The fraction of sp³-hybridized carbons (Fsp3) is 0.227. The predicted molar refractivity (Wildman–Crippen MR) is 113 cm³/mol. The molecule has 0 bridgehead atoms. The number of aromatic nitrogens is 5. The number of anilines is 1. The highest BCUT2D eigenvalue weighted by Crippen LogP contribution is 2.49. The normalized spacial score (nSPS) is 17.4. The second-order valence-electron chi connectivity index (χ2n) is 7.26. The minimum absolute atomic E-state index is 0.00429. The van der Waals surface area contributed by atoms with E-state index >= 15 is 0 Å². The molecule has 31 heavy (non-hydrogen) atoms. The molecule has 9 heteroatoms. The molecule has 0 saturated heterocycles. The van der Waals surface area contributed by atoms with Gasteiger partial charge in [-0.3, -0.25) is 4.79 Å². The highest BCUT2D eigenvalue weighted by molar-refractivity contribution is 5.95. The van der Waals surface area contributed by atoms with E-state index in [1.54, 1.807) is 23.1 Å². The predicted octanol–water partition coefficient (Wildman–Crippen LogP) is 2.95. The lowest BCUT2D eigenvalue weighted by atomic mass is 10.1. The van der Waals surface area contributed by atoms with Crippen molar-refractivity contribution >= 4 is 17.2 Å². The van der Waals surface area contributed by atoms with Gasteiger partial charge in [0.05, 0.1) is 25.5 Å². The monoisotopic (exact) mass is 416 g/mol. The van der Waals surface area contributed by atoms with Crippen LogP contribution in [0.25, 0.3) is 16.9 Å². The van der Waals surface area contributed by atoms with Crippen LogP contribution in [-0.4, -0.2) is 44.7 Å². The second-order valence-corrected chi connectivity index (χ2v) is 7.26. The van der Waals surface area contributed by atoms with Crippen molar-refractivity contribution in [1.82, 2.24) is 24.6 Å². The first-order valence-corrected chi connectivity index (χ1v) is 9.83. The molecular formula is C22H20N6O3. The molecular weight excluding hydrogens is 396 g/mol. The summed E-state index contributed by atoms with van der Waals surface area (Å²) >= 11 is 0. The summed E-state index contributed by atoms with van der Waals surface area (Å²) in [5, 5.41) is 7.62. The third-order valence-electron chi connectivity index (χ3n) is 5.34. The number of carbonyl (C=O) groups is 1. The first-order valence-electron chi connectivity index (χ1n) is 9.83. The number of carbonyl (C=O) groups excluding carboxylic acids is 1. The first kappa shape index (κ1) is 19.0. The fourth-order valence-electron chi connectivity index (χ4n) is 3.71. The van der Waals surface area contributed by atoms with Crippen LogP contribution in [0.3, 0.4) is 0 Å². The minimum Gasteiger partial charge on any atom is -0.480 e. The summed E-state index contributed by atoms with van der Waals surface area (Å²) in [6.45, 7) is 0. The average Bonchev–Trinajstić information content (AvgIpc) is 3.47. The summed E-state index contributed by atoms with van der Waals surface area (Å²) < 4.78 is 12.2. The van der Waals surface area contributed by atoms with Crippen LogP contribution in [0.1, 0.15) is 17.9 Å². The first-order chi connectivity index (χ1) is 15.2. The zero-order chi connectivity index (χ0) is 21.4. The number of amides is 1. The molecule has 1 aliphatic carbocycles. The third-order valence-corrected chi connectivity index (χ3v) is 5.34. The van der Waals surface area contributed by atoms with Gasteiger partial charge in [0.2, 0.25) is 11.8 Å². The lowest BCUT2D eigenvalue weighted by molar-refractivity contribution is -0.117. The Morgan fingerprint density at radius 1 is 1.16 bits per heavy atom. The Bertz CT molecular complexity index is 1260. The highest BCUT2D eigenvalue weighted by atomic mass is 16.5. The summed E-state index contributed by atoms with van der Waals surface area (Å²) in [5.74, 6) is 0.300. The molecule has 2 atom stereocenters. The van der Waals surface area contributed by atoms with Crippen molar-refractivity contribution in [3.63, 3.8) is 0 Å². The largest absolute Gasteiger partial charge is 0.480 e. The van der Waals surface area contributed by atoms with Crippen molar-refractivity contribution in [2.45, 2.75) is 12.3 Å². The summed E-state index contributed by atoms with van der Waals surface area (Å²) in [6.07, 6.45) is 5.84. The van der Waals surface area contributed by atoms with E-state index in [0.29, 0.717) is 17.1 Å². The van der Waals surface area contributed by atoms with E-state index in [-0.39, 0.29) is 23.8 Å². The van der Waals surface area contributed by atoms with Gasteiger partial charge in [-0.1, -0.05) is 18.2 Å². The third kappa shape index (κ3) is 3.54. The van der Waals surface area contributed by atoms with E-state index < -0.39 is 0 Å². The van der Waals surface area contributed by atoms with Crippen molar-refractivity contribution in [2.75, 3.05) is 19.5 Å². The van der Waals surface area contributed by atoms with Gasteiger partial charge in [0.25, 0.3) is 0 Å².